The van der Waals surface area contributed by atoms with Gasteiger partial charge in [-0.15, -0.1) is 24.0 Å². The molecule has 1 aliphatic rings. The molecule has 1 aromatic heterocycles. The predicted octanol–water partition coefficient (Wildman–Crippen LogP) is 1.49. The Hall–Kier alpha value is -1.13. The third-order valence-corrected chi connectivity index (χ3v) is 3.82. The Morgan fingerprint density at radius 1 is 1.32 bits per heavy atom. The van der Waals surface area contributed by atoms with Crippen LogP contribution in [0.3, 0.4) is 0 Å². The monoisotopic (exact) mass is 463 g/mol. The lowest BCUT2D eigenvalue weighted by atomic mass is 10.3. The van der Waals surface area contributed by atoms with E-state index in [2.05, 4.69) is 32.4 Å². The number of pyridine rings is 1. The first-order chi connectivity index (χ1) is 11.8. The van der Waals surface area contributed by atoms with E-state index >= 15 is 0 Å². The Balaban J connectivity index is 0.00000312. The lowest BCUT2D eigenvalue weighted by Gasteiger charge is -2.26. The van der Waals surface area contributed by atoms with Crippen molar-refractivity contribution in [3.05, 3.63) is 23.9 Å². The first-order valence-corrected chi connectivity index (χ1v) is 8.63. The van der Waals surface area contributed by atoms with E-state index in [1.165, 1.54) is 0 Å². The maximum Gasteiger partial charge on any atom is 0.212 e. The van der Waals surface area contributed by atoms with Crippen LogP contribution >= 0.6 is 24.0 Å². The summed E-state index contributed by atoms with van der Waals surface area (Å²) in [7, 11) is 1.62. The number of morpholine rings is 1. The van der Waals surface area contributed by atoms with E-state index in [9.17, 15) is 0 Å². The number of aliphatic imine (C=N–C) groups is 1. The highest BCUT2D eigenvalue weighted by atomic mass is 127. The van der Waals surface area contributed by atoms with Crippen LogP contribution in [0.5, 0.6) is 5.88 Å². The van der Waals surface area contributed by atoms with Crippen LogP contribution in [0.4, 0.5) is 0 Å². The number of hydrogen-bond donors (Lipinski definition) is 2. The van der Waals surface area contributed by atoms with E-state index < -0.39 is 0 Å². The second-order valence-corrected chi connectivity index (χ2v) is 5.64. The molecular formula is C17H30IN5O2. The summed E-state index contributed by atoms with van der Waals surface area (Å²) in [5, 5.41) is 6.66. The average Bonchev–Trinajstić information content (AvgIpc) is 2.64. The van der Waals surface area contributed by atoms with Crippen molar-refractivity contribution in [2.75, 3.05) is 53.0 Å². The van der Waals surface area contributed by atoms with Crippen LogP contribution < -0.4 is 15.4 Å². The Morgan fingerprint density at radius 2 is 2.12 bits per heavy atom. The molecule has 1 aromatic rings. The lowest BCUT2D eigenvalue weighted by Crippen LogP contribution is -2.40. The minimum absolute atomic E-state index is 0. The van der Waals surface area contributed by atoms with Gasteiger partial charge in [0.1, 0.15) is 0 Å². The number of rotatable bonds is 8. The van der Waals surface area contributed by atoms with Gasteiger partial charge < -0.3 is 20.1 Å². The van der Waals surface area contributed by atoms with E-state index in [-0.39, 0.29) is 24.0 Å². The number of halogens is 1. The summed E-state index contributed by atoms with van der Waals surface area (Å²) in [6.45, 7) is 9.30. The van der Waals surface area contributed by atoms with Gasteiger partial charge in [0.25, 0.3) is 0 Å². The SMILES string of the molecule is CCNC(=NCc1ccc(OC)nc1)NCCCN1CCOCC1.I. The van der Waals surface area contributed by atoms with Gasteiger partial charge in [-0.1, -0.05) is 6.07 Å². The van der Waals surface area contributed by atoms with Crippen LogP contribution in [0.25, 0.3) is 0 Å². The quantitative estimate of drug-likeness (QED) is 0.264. The zero-order chi connectivity index (χ0) is 17.0. The number of nitrogens with zero attached hydrogens (tertiary/aromatic N) is 3. The van der Waals surface area contributed by atoms with Crippen LogP contribution in [-0.4, -0.2) is 68.9 Å². The molecule has 2 N–H and O–H groups in total. The summed E-state index contributed by atoms with van der Waals surface area (Å²) in [5.41, 5.74) is 1.06. The zero-order valence-electron chi connectivity index (χ0n) is 15.2. The molecule has 1 aliphatic heterocycles. The van der Waals surface area contributed by atoms with Crippen LogP contribution in [0.1, 0.15) is 18.9 Å². The molecule has 0 radical (unpaired) electrons. The Morgan fingerprint density at radius 3 is 2.76 bits per heavy atom. The van der Waals surface area contributed by atoms with Gasteiger partial charge in [-0.2, -0.15) is 0 Å². The summed E-state index contributed by atoms with van der Waals surface area (Å²) in [6.07, 6.45) is 2.89. The molecule has 0 unspecified atom stereocenters. The van der Waals surface area contributed by atoms with Crippen LogP contribution in [0, 0.1) is 0 Å². The molecule has 0 aliphatic carbocycles. The van der Waals surface area contributed by atoms with E-state index in [1.54, 1.807) is 13.3 Å². The summed E-state index contributed by atoms with van der Waals surface area (Å²) < 4.78 is 10.4. The molecule has 1 fully saturated rings. The molecule has 2 rings (SSSR count). The van der Waals surface area contributed by atoms with Crippen LogP contribution in [0.15, 0.2) is 23.3 Å². The average molecular weight is 463 g/mol. The van der Waals surface area contributed by atoms with Crippen molar-refractivity contribution >= 4 is 29.9 Å². The van der Waals surface area contributed by atoms with E-state index in [0.29, 0.717) is 12.4 Å². The third-order valence-electron chi connectivity index (χ3n) is 3.82. The molecule has 142 valence electrons. The first kappa shape index (κ1) is 21.9. The smallest absolute Gasteiger partial charge is 0.212 e. The number of guanidine groups is 1. The molecule has 0 bridgehead atoms. The molecule has 0 amide bonds. The molecule has 0 spiro atoms. The molecule has 0 atom stereocenters. The number of ether oxygens (including phenoxy) is 2. The summed E-state index contributed by atoms with van der Waals surface area (Å²) in [6, 6.07) is 3.84. The van der Waals surface area contributed by atoms with Crippen LogP contribution in [0.2, 0.25) is 0 Å². The fourth-order valence-corrected chi connectivity index (χ4v) is 2.47. The summed E-state index contributed by atoms with van der Waals surface area (Å²) in [4.78, 5) is 11.2. The van der Waals surface area contributed by atoms with E-state index in [0.717, 1.165) is 63.9 Å². The number of methoxy groups -OCH3 is 1. The first-order valence-electron chi connectivity index (χ1n) is 8.63. The largest absolute Gasteiger partial charge is 0.481 e. The Bertz CT molecular complexity index is 492. The fraction of sp³-hybridized carbons (Fsp3) is 0.647. The normalized spacial score (nSPS) is 15.4. The molecule has 0 aromatic carbocycles. The Kier molecular flexibility index (Phi) is 11.5. The van der Waals surface area contributed by atoms with Crippen molar-refractivity contribution in [2.45, 2.75) is 19.9 Å². The highest BCUT2D eigenvalue weighted by Crippen LogP contribution is 2.07. The van der Waals surface area contributed by atoms with Gasteiger partial charge in [-0.25, -0.2) is 9.98 Å². The predicted molar refractivity (Wildman–Crippen MR) is 111 cm³/mol. The topological polar surface area (TPSA) is 71.0 Å². The number of hydrogen-bond acceptors (Lipinski definition) is 5. The lowest BCUT2D eigenvalue weighted by molar-refractivity contribution is 0.0376. The molecule has 25 heavy (non-hydrogen) atoms. The van der Waals surface area contributed by atoms with Gasteiger partial charge in [0, 0.05) is 38.4 Å². The van der Waals surface area contributed by atoms with Crippen molar-refractivity contribution in [1.29, 1.82) is 0 Å². The van der Waals surface area contributed by atoms with Crippen molar-refractivity contribution in [3.8, 4) is 5.88 Å². The number of aromatic nitrogens is 1. The van der Waals surface area contributed by atoms with Gasteiger partial charge in [-0.3, -0.25) is 4.90 Å². The molecule has 2 heterocycles. The summed E-state index contributed by atoms with van der Waals surface area (Å²) >= 11 is 0. The van der Waals surface area contributed by atoms with Crippen molar-refractivity contribution in [2.24, 2.45) is 4.99 Å². The van der Waals surface area contributed by atoms with Crippen molar-refractivity contribution in [1.82, 2.24) is 20.5 Å². The van der Waals surface area contributed by atoms with Gasteiger partial charge in [-0.05, 0) is 25.5 Å². The second kappa shape index (κ2) is 13.1. The molecular weight excluding hydrogens is 433 g/mol. The highest BCUT2D eigenvalue weighted by molar-refractivity contribution is 14.0. The van der Waals surface area contributed by atoms with Gasteiger partial charge in [0.15, 0.2) is 5.96 Å². The maximum atomic E-state index is 5.37. The second-order valence-electron chi connectivity index (χ2n) is 5.64. The maximum absolute atomic E-state index is 5.37. The minimum Gasteiger partial charge on any atom is -0.481 e. The number of nitrogens with one attached hydrogen (secondary N) is 2. The molecule has 0 saturated carbocycles. The van der Waals surface area contributed by atoms with Crippen molar-refractivity contribution in [3.63, 3.8) is 0 Å². The minimum atomic E-state index is 0. The van der Waals surface area contributed by atoms with E-state index in [1.807, 2.05) is 12.1 Å². The van der Waals surface area contributed by atoms with Crippen LogP contribution in [-0.2, 0) is 11.3 Å². The van der Waals surface area contributed by atoms with Gasteiger partial charge in [0.05, 0.1) is 26.9 Å². The van der Waals surface area contributed by atoms with Crippen molar-refractivity contribution < 1.29 is 9.47 Å². The fourth-order valence-electron chi connectivity index (χ4n) is 2.47. The highest BCUT2D eigenvalue weighted by Gasteiger charge is 2.09. The molecule has 8 heteroatoms. The molecule has 7 nitrogen and oxygen atoms in total. The summed E-state index contributed by atoms with van der Waals surface area (Å²) in [5.74, 6) is 1.46. The van der Waals surface area contributed by atoms with E-state index in [4.69, 9.17) is 9.47 Å². The third kappa shape index (κ3) is 8.68. The zero-order valence-corrected chi connectivity index (χ0v) is 17.5. The molecule has 1 saturated heterocycles. The Labute approximate surface area is 167 Å². The van der Waals surface area contributed by atoms with Gasteiger partial charge in [0.2, 0.25) is 5.88 Å². The standard InChI is InChI=1S/C17H29N5O2.HI/c1-3-18-17(19-7-4-8-22-9-11-24-12-10-22)21-14-15-5-6-16(23-2)20-13-15;/h5-6,13H,3-4,7-12,14H2,1-2H3,(H2,18,19,21);1H. The van der Waals surface area contributed by atoms with Gasteiger partial charge >= 0.3 is 0 Å².